The molecule has 0 radical (unpaired) electrons. The first-order chi connectivity index (χ1) is 12.8. The lowest BCUT2D eigenvalue weighted by Gasteiger charge is -2.19. The van der Waals surface area contributed by atoms with Gasteiger partial charge >= 0.3 is 0 Å². The van der Waals surface area contributed by atoms with Gasteiger partial charge in [0, 0.05) is 6.42 Å². The number of ether oxygens (including phenoxy) is 1. The summed E-state index contributed by atoms with van der Waals surface area (Å²) in [5.41, 5.74) is 0.246. The number of rotatable bonds is 5. The fraction of sp³-hybridized carbons (Fsp3) is 0.222. The van der Waals surface area contributed by atoms with E-state index in [1.807, 2.05) is 0 Å². The summed E-state index contributed by atoms with van der Waals surface area (Å²) in [6.45, 7) is 1.26. The number of para-hydroxylation sites is 1. The zero-order valence-corrected chi connectivity index (χ0v) is 15.2. The first-order valence-electron chi connectivity index (χ1n) is 8.12. The maximum atomic E-state index is 13.6. The molecule has 1 atom stereocenters. The summed E-state index contributed by atoms with van der Waals surface area (Å²) in [6.07, 6.45) is -0.351. The third-order valence-corrected chi connectivity index (χ3v) is 6.20. The highest BCUT2D eigenvalue weighted by Gasteiger charge is 2.28. The van der Waals surface area contributed by atoms with E-state index in [1.54, 1.807) is 6.07 Å². The standard InChI is InChI=1S/C18H17FN2O5S/c1-11(8-17(22)20-14-5-3-2-4-13(14)19)27(24,25)12-6-7-16-15(9-12)21-18(23)10-26-16/h2-7,9,11H,8,10H2,1H3,(H,20,22)(H,21,23). The fourth-order valence-corrected chi connectivity index (χ4v) is 3.98. The Balaban J connectivity index is 1.74. The van der Waals surface area contributed by atoms with Crippen molar-refractivity contribution in [3.63, 3.8) is 0 Å². The van der Waals surface area contributed by atoms with Crippen LogP contribution >= 0.6 is 0 Å². The number of hydrogen-bond acceptors (Lipinski definition) is 5. The van der Waals surface area contributed by atoms with E-state index in [-0.39, 0.29) is 35.2 Å². The second-order valence-electron chi connectivity index (χ2n) is 6.08. The van der Waals surface area contributed by atoms with Crippen molar-refractivity contribution in [1.82, 2.24) is 0 Å². The number of hydrogen-bond donors (Lipinski definition) is 2. The Morgan fingerprint density at radius 3 is 2.78 bits per heavy atom. The van der Waals surface area contributed by atoms with Crippen molar-refractivity contribution < 1.29 is 27.1 Å². The van der Waals surface area contributed by atoms with E-state index in [9.17, 15) is 22.4 Å². The van der Waals surface area contributed by atoms with Crippen molar-refractivity contribution in [2.75, 3.05) is 17.2 Å². The lowest BCUT2D eigenvalue weighted by molar-refractivity contribution is -0.118. The first-order valence-corrected chi connectivity index (χ1v) is 9.67. The Labute approximate surface area is 155 Å². The molecule has 1 heterocycles. The normalized spacial score (nSPS) is 14.5. The molecule has 0 aromatic heterocycles. The summed E-state index contributed by atoms with van der Waals surface area (Å²) in [7, 11) is -3.85. The van der Waals surface area contributed by atoms with Gasteiger partial charge in [-0.15, -0.1) is 0 Å². The second kappa shape index (κ2) is 7.36. The molecule has 1 unspecified atom stereocenters. The van der Waals surface area contributed by atoms with Crippen LogP contribution in [0.3, 0.4) is 0 Å². The molecule has 2 amide bonds. The minimum atomic E-state index is -3.85. The van der Waals surface area contributed by atoms with Crippen LogP contribution in [0.15, 0.2) is 47.4 Å². The van der Waals surface area contributed by atoms with E-state index >= 15 is 0 Å². The monoisotopic (exact) mass is 392 g/mol. The van der Waals surface area contributed by atoms with E-state index in [2.05, 4.69) is 10.6 Å². The molecule has 0 aliphatic carbocycles. The summed E-state index contributed by atoms with van der Waals surface area (Å²) in [5, 5.41) is 3.85. The molecule has 142 valence electrons. The minimum Gasteiger partial charge on any atom is -0.482 e. The minimum absolute atomic E-state index is 0.0132. The molecule has 0 bridgehead atoms. The number of anilines is 2. The molecule has 1 aliphatic rings. The van der Waals surface area contributed by atoms with Gasteiger partial charge in [-0.2, -0.15) is 0 Å². The van der Waals surface area contributed by atoms with Gasteiger partial charge in [0.05, 0.1) is 21.5 Å². The summed E-state index contributed by atoms with van der Waals surface area (Å²) in [4.78, 5) is 23.5. The first kappa shape index (κ1) is 18.8. The zero-order chi connectivity index (χ0) is 19.6. The fourth-order valence-electron chi connectivity index (χ4n) is 2.61. The van der Waals surface area contributed by atoms with Crippen LogP contribution < -0.4 is 15.4 Å². The molecule has 3 rings (SSSR count). The van der Waals surface area contributed by atoms with Crippen LogP contribution in [0.1, 0.15) is 13.3 Å². The number of amides is 2. The number of benzene rings is 2. The van der Waals surface area contributed by atoms with Gasteiger partial charge in [-0.25, -0.2) is 12.8 Å². The average molecular weight is 392 g/mol. The van der Waals surface area contributed by atoms with Crippen molar-refractivity contribution in [2.24, 2.45) is 0 Å². The summed E-state index contributed by atoms with van der Waals surface area (Å²) < 4.78 is 44.3. The quantitative estimate of drug-likeness (QED) is 0.813. The van der Waals surface area contributed by atoms with Crippen molar-refractivity contribution in [3.8, 4) is 5.75 Å². The van der Waals surface area contributed by atoms with Crippen LogP contribution in [0, 0.1) is 5.82 Å². The maximum absolute atomic E-state index is 13.6. The van der Waals surface area contributed by atoms with Gasteiger partial charge in [0.25, 0.3) is 5.91 Å². The lowest BCUT2D eigenvalue weighted by Crippen LogP contribution is -2.27. The predicted octanol–water partition coefficient (Wildman–Crippen LogP) is 2.35. The smallest absolute Gasteiger partial charge is 0.262 e. The van der Waals surface area contributed by atoms with E-state index in [1.165, 1.54) is 43.3 Å². The summed E-state index contributed by atoms with van der Waals surface area (Å²) in [5.74, 6) is -1.23. The molecule has 0 saturated carbocycles. The zero-order valence-electron chi connectivity index (χ0n) is 14.4. The van der Waals surface area contributed by atoms with E-state index < -0.39 is 26.8 Å². The second-order valence-corrected chi connectivity index (χ2v) is 8.45. The number of fused-ring (bicyclic) bond motifs is 1. The van der Waals surface area contributed by atoms with Crippen LogP contribution in [-0.4, -0.2) is 32.1 Å². The predicted molar refractivity (Wildman–Crippen MR) is 96.9 cm³/mol. The summed E-state index contributed by atoms with van der Waals surface area (Å²) >= 11 is 0. The van der Waals surface area contributed by atoms with Crippen LogP contribution in [0.5, 0.6) is 5.75 Å². The highest BCUT2D eigenvalue weighted by molar-refractivity contribution is 7.92. The van der Waals surface area contributed by atoms with Gasteiger partial charge < -0.3 is 15.4 Å². The topological polar surface area (TPSA) is 102 Å². The molecular formula is C18H17FN2O5S. The van der Waals surface area contributed by atoms with Gasteiger partial charge in [0.15, 0.2) is 16.4 Å². The number of carbonyl (C=O) groups is 2. The molecule has 9 heteroatoms. The lowest BCUT2D eigenvalue weighted by atomic mass is 10.2. The number of nitrogens with one attached hydrogen (secondary N) is 2. The molecule has 2 aromatic carbocycles. The molecular weight excluding hydrogens is 375 g/mol. The molecule has 1 aliphatic heterocycles. The third kappa shape index (κ3) is 4.08. The Bertz CT molecular complexity index is 1010. The Morgan fingerprint density at radius 1 is 1.30 bits per heavy atom. The highest BCUT2D eigenvalue weighted by atomic mass is 32.2. The van der Waals surface area contributed by atoms with Crippen molar-refractivity contribution in [1.29, 1.82) is 0 Å². The Hall–Kier alpha value is -2.94. The summed E-state index contributed by atoms with van der Waals surface area (Å²) in [6, 6.07) is 9.73. The molecule has 27 heavy (non-hydrogen) atoms. The van der Waals surface area contributed by atoms with Gasteiger partial charge in [0.2, 0.25) is 5.91 Å². The van der Waals surface area contributed by atoms with Crippen LogP contribution in [0.4, 0.5) is 15.8 Å². The number of carbonyl (C=O) groups excluding carboxylic acids is 2. The highest BCUT2D eigenvalue weighted by Crippen LogP contribution is 2.31. The van der Waals surface area contributed by atoms with Gasteiger partial charge in [-0.1, -0.05) is 12.1 Å². The molecule has 2 aromatic rings. The Morgan fingerprint density at radius 2 is 2.04 bits per heavy atom. The maximum Gasteiger partial charge on any atom is 0.262 e. The SMILES string of the molecule is CC(CC(=O)Nc1ccccc1F)S(=O)(=O)c1ccc2c(c1)NC(=O)CO2. The number of sulfone groups is 1. The average Bonchev–Trinajstić information content (AvgIpc) is 2.62. The van der Waals surface area contributed by atoms with Crippen LogP contribution in [0.2, 0.25) is 0 Å². The van der Waals surface area contributed by atoms with E-state index in [0.29, 0.717) is 5.75 Å². The largest absolute Gasteiger partial charge is 0.482 e. The molecule has 7 nitrogen and oxygen atoms in total. The van der Waals surface area contributed by atoms with Crippen molar-refractivity contribution in [2.45, 2.75) is 23.5 Å². The van der Waals surface area contributed by atoms with Crippen molar-refractivity contribution >= 4 is 33.0 Å². The molecule has 0 saturated heterocycles. The van der Waals surface area contributed by atoms with Crippen molar-refractivity contribution in [3.05, 3.63) is 48.3 Å². The van der Waals surface area contributed by atoms with Crippen LogP contribution in [-0.2, 0) is 19.4 Å². The molecule has 0 spiro atoms. The third-order valence-electron chi connectivity index (χ3n) is 4.06. The Kier molecular flexibility index (Phi) is 5.13. The van der Waals surface area contributed by atoms with E-state index in [4.69, 9.17) is 4.74 Å². The van der Waals surface area contributed by atoms with Gasteiger partial charge in [-0.05, 0) is 37.3 Å². The van der Waals surface area contributed by atoms with Crippen LogP contribution in [0.25, 0.3) is 0 Å². The van der Waals surface area contributed by atoms with Gasteiger partial charge in [0.1, 0.15) is 11.6 Å². The molecule has 0 fully saturated rings. The van der Waals surface area contributed by atoms with E-state index in [0.717, 1.165) is 0 Å². The van der Waals surface area contributed by atoms with Gasteiger partial charge in [-0.3, -0.25) is 9.59 Å². The number of halogens is 1. The molecule has 2 N–H and O–H groups in total.